The van der Waals surface area contributed by atoms with Crippen LogP contribution in [0.15, 0.2) is 51.7 Å². The molecule has 0 bridgehead atoms. The van der Waals surface area contributed by atoms with Crippen LogP contribution in [0.3, 0.4) is 0 Å². The fourth-order valence-electron chi connectivity index (χ4n) is 1.81. The fraction of sp³-hybridized carbons (Fsp3) is 0.0667. The van der Waals surface area contributed by atoms with Gasteiger partial charge in [0.2, 0.25) is 5.13 Å². The van der Waals surface area contributed by atoms with Gasteiger partial charge in [0.15, 0.2) is 4.34 Å². The normalized spacial score (nSPS) is 10.5. The van der Waals surface area contributed by atoms with Gasteiger partial charge >= 0.3 is 0 Å². The number of nitrogens with one attached hydrogen (secondary N) is 2. The number of rotatable bonds is 5. The average molecular weight is 379 g/mol. The second-order valence-electron chi connectivity index (χ2n) is 4.66. The maximum atomic E-state index is 12.0. The number of thioether (sulfide) groups is 1. The molecule has 0 saturated carbocycles. The molecule has 6 nitrogen and oxygen atoms in total. The number of hydrogen-bond donors (Lipinski definition) is 2. The van der Waals surface area contributed by atoms with E-state index in [2.05, 4.69) is 20.5 Å². The van der Waals surface area contributed by atoms with Gasteiger partial charge in [-0.1, -0.05) is 46.8 Å². The summed E-state index contributed by atoms with van der Waals surface area (Å²) < 4.78 is 0.724. The molecule has 0 aliphatic heterocycles. The molecule has 1 aromatic carbocycles. The molecule has 0 spiro atoms. The zero-order valence-corrected chi connectivity index (χ0v) is 14.5. The molecule has 1 amide bonds. The van der Waals surface area contributed by atoms with Crippen LogP contribution in [0.4, 0.5) is 5.13 Å². The van der Waals surface area contributed by atoms with Gasteiger partial charge in [0.05, 0.1) is 0 Å². The van der Waals surface area contributed by atoms with Crippen molar-refractivity contribution in [1.82, 2.24) is 15.2 Å². The van der Waals surface area contributed by atoms with Crippen molar-refractivity contribution in [2.75, 3.05) is 5.32 Å². The van der Waals surface area contributed by atoms with E-state index < -0.39 is 11.5 Å². The first kappa shape index (κ1) is 16.7. The number of amides is 1. The van der Waals surface area contributed by atoms with Crippen molar-refractivity contribution in [3.05, 3.63) is 69.1 Å². The summed E-state index contributed by atoms with van der Waals surface area (Å²) in [6, 6.07) is 10.6. The molecule has 2 aromatic heterocycles. The van der Waals surface area contributed by atoms with Crippen LogP contribution >= 0.6 is 34.7 Å². The number of aromatic nitrogens is 3. The summed E-state index contributed by atoms with van der Waals surface area (Å²) in [4.78, 5) is 26.1. The van der Waals surface area contributed by atoms with E-state index in [0.29, 0.717) is 10.2 Å². The number of carbonyl (C=O) groups excluding carboxylic acids is 1. The number of aromatic amines is 1. The molecule has 3 rings (SSSR count). The predicted octanol–water partition coefficient (Wildman–Crippen LogP) is 3.42. The minimum atomic E-state index is -0.512. The molecule has 9 heteroatoms. The lowest BCUT2D eigenvalue weighted by atomic mass is 10.2. The largest absolute Gasteiger partial charge is 0.328 e. The van der Waals surface area contributed by atoms with Crippen molar-refractivity contribution >= 4 is 45.7 Å². The van der Waals surface area contributed by atoms with Crippen LogP contribution in [-0.4, -0.2) is 21.1 Å². The molecule has 0 aliphatic carbocycles. The topological polar surface area (TPSA) is 87.7 Å². The minimum absolute atomic E-state index is 0.0306. The van der Waals surface area contributed by atoms with Gasteiger partial charge in [-0.25, -0.2) is 0 Å². The summed E-state index contributed by atoms with van der Waals surface area (Å²) in [5.41, 5.74) is 0.695. The number of carbonyl (C=O) groups is 1. The van der Waals surface area contributed by atoms with Crippen LogP contribution < -0.4 is 10.9 Å². The quantitative estimate of drug-likeness (QED) is 0.524. The third-order valence-electron chi connectivity index (χ3n) is 2.97. The highest BCUT2D eigenvalue weighted by Crippen LogP contribution is 2.28. The summed E-state index contributed by atoms with van der Waals surface area (Å²) in [5, 5.41) is 11.6. The van der Waals surface area contributed by atoms with Gasteiger partial charge in [-0.05, 0) is 29.8 Å². The number of pyridine rings is 1. The molecule has 0 saturated heterocycles. The van der Waals surface area contributed by atoms with E-state index in [4.69, 9.17) is 11.6 Å². The number of halogens is 1. The molecule has 122 valence electrons. The van der Waals surface area contributed by atoms with E-state index in [-0.39, 0.29) is 5.56 Å². The lowest BCUT2D eigenvalue weighted by molar-refractivity contribution is 0.102. The Kier molecular flexibility index (Phi) is 5.29. The van der Waals surface area contributed by atoms with Crippen LogP contribution in [0.25, 0.3) is 0 Å². The summed E-state index contributed by atoms with van der Waals surface area (Å²) >= 11 is 8.61. The van der Waals surface area contributed by atoms with Crippen molar-refractivity contribution in [2.24, 2.45) is 0 Å². The molecule has 0 fully saturated rings. The molecule has 0 atom stereocenters. The van der Waals surface area contributed by atoms with E-state index in [9.17, 15) is 9.59 Å². The lowest BCUT2D eigenvalue weighted by Gasteiger charge is -1.99. The number of hydrogen-bond acceptors (Lipinski definition) is 6. The van der Waals surface area contributed by atoms with Gasteiger partial charge < -0.3 is 4.98 Å². The average Bonchev–Trinajstić information content (AvgIpc) is 3.02. The van der Waals surface area contributed by atoms with E-state index in [1.54, 1.807) is 6.07 Å². The standard InChI is InChI=1S/C15H11ClN4O2S2/c16-10-5-3-9(4-6-10)8-23-15-20-19-14(24-15)18-13(22)11-2-1-7-17-12(11)21/h1-7H,8H2,(H,17,21)(H,18,19,22). The Labute approximate surface area is 150 Å². The molecular weight excluding hydrogens is 368 g/mol. The Morgan fingerprint density at radius 1 is 1.25 bits per heavy atom. The molecular formula is C15H11ClN4O2S2. The summed E-state index contributed by atoms with van der Waals surface area (Å²) in [7, 11) is 0. The van der Waals surface area contributed by atoms with Gasteiger partial charge in [0, 0.05) is 17.0 Å². The summed E-state index contributed by atoms with van der Waals surface area (Å²) in [5.74, 6) is 0.209. The number of H-pyrrole nitrogens is 1. The SMILES string of the molecule is O=C(Nc1nnc(SCc2ccc(Cl)cc2)s1)c1ccc[nH]c1=O. The van der Waals surface area contributed by atoms with E-state index in [0.717, 1.165) is 15.7 Å². The molecule has 2 heterocycles. The molecule has 24 heavy (non-hydrogen) atoms. The first-order valence-electron chi connectivity index (χ1n) is 6.81. The molecule has 3 aromatic rings. The number of anilines is 1. The smallest absolute Gasteiger partial charge is 0.263 e. The van der Waals surface area contributed by atoms with Crippen molar-refractivity contribution in [3.63, 3.8) is 0 Å². The van der Waals surface area contributed by atoms with Crippen LogP contribution in [0.5, 0.6) is 0 Å². The van der Waals surface area contributed by atoms with Crippen LogP contribution in [0.1, 0.15) is 15.9 Å². The van der Waals surface area contributed by atoms with Crippen LogP contribution in [-0.2, 0) is 5.75 Å². The van der Waals surface area contributed by atoms with Gasteiger partial charge in [0.1, 0.15) is 5.56 Å². The van der Waals surface area contributed by atoms with Crippen LogP contribution in [0.2, 0.25) is 5.02 Å². The minimum Gasteiger partial charge on any atom is -0.328 e. The van der Waals surface area contributed by atoms with E-state index in [1.165, 1.54) is 35.4 Å². The maximum absolute atomic E-state index is 12.0. The molecule has 0 unspecified atom stereocenters. The summed E-state index contributed by atoms with van der Waals surface area (Å²) in [6.45, 7) is 0. The first-order valence-corrected chi connectivity index (χ1v) is 8.99. The second kappa shape index (κ2) is 7.61. The van der Waals surface area contributed by atoms with Gasteiger partial charge in [0.25, 0.3) is 11.5 Å². The highest BCUT2D eigenvalue weighted by molar-refractivity contribution is 8.00. The highest BCUT2D eigenvalue weighted by atomic mass is 35.5. The Morgan fingerprint density at radius 2 is 2.04 bits per heavy atom. The Hall–Kier alpha value is -2.16. The molecule has 0 aliphatic rings. The van der Waals surface area contributed by atoms with Crippen molar-refractivity contribution in [1.29, 1.82) is 0 Å². The maximum Gasteiger partial charge on any atom is 0.263 e. The highest BCUT2D eigenvalue weighted by Gasteiger charge is 2.13. The predicted molar refractivity (Wildman–Crippen MR) is 95.9 cm³/mol. The summed E-state index contributed by atoms with van der Waals surface area (Å²) in [6.07, 6.45) is 1.47. The van der Waals surface area contributed by atoms with E-state index >= 15 is 0 Å². The van der Waals surface area contributed by atoms with E-state index in [1.807, 2.05) is 24.3 Å². The van der Waals surface area contributed by atoms with Crippen LogP contribution in [0, 0.1) is 0 Å². The van der Waals surface area contributed by atoms with Gasteiger partial charge in [-0.15, -0.1) is 10.2 Å². The monoisotopic (exact) mass is 378 g/mol. The third-order valence-corrected chi connectivity index (χ3v) is 5.26. The fourth-order valence-corrected chi connectivity index (χ4v) is 3.64. The molecule has 0 radical (unpaired) electrons. The van der Waals surface area contributed by atoms with Crippen molar-refractivity contribution in [3.8, 4) is 0 Å². The molecule has 2 N–H and O–H groups in total. The van der Waals surface area contributed by atoms with Crippen molar-refractivity contribution in [2.45, 2.75) is 10.1 Å². The Bertz CT molecular complexity index is 908. The Morgan fingerprint density at radius 3 is 2.79 bits per heavy atom. The van der Waals surface area contributed by atoms with Gasteiger partial charge in [-0.3, -0.25) is 14.9 Å². The number of nitrogens with zero attached hydrogens (tertiary/aromatic N) is 2. The lowest BCUT2D eigenvalue weighted by Crippen LogP contribution is -2.22. The van der Waals surface area contributed by atoms with Crippen molar-refractivity contribution < 1.29 is 4.79 Å². The zero-order valence-electron chi connectivity index (χ0n) is 12.2. The van der Waals surface area contributed by atoms with Gasteiger partial charge in [-0.2, -0.15) is 0 Å². The Balaban J connectivity index is 1.61. The third kappa shape index (κ3) is 4.22. The first-order chi connectivity index (χ1) is 11.6. The zero-order chi connectivity index (χ0) is 16.9. The second-order valence-corrected chi connectivity index (χ2v) is 7.29. The number of benzene rings is 1.